The normalized spacial score (nSPS) is 35.3. The maximum Gasteiger partial charge on any atom is 0.0615 e. The van der Waals surface area contributed by atoms with Crippen LogP contribution in [0.15, 0.2) is 12.7 Å². The predicted molar refractivity (Wildman–Crippen MR) is 52.6 cm³/mol. The Hall–Kier alpha value is -0.0100. The summed E-state index contributed by atoms with van der Waals surface area (Å²) in [6, 6.07) is 0. The minimum atomic E-state index is 0.218. The van der Waals surface area contributed by atoms with Gasteiger partial charge < -0.3 is 4.74 Å². The van der Waals surface area contributed by atoms with Gasteiger partial charge in [0.25, 0.3) is 0 Å². The minimum Gasteiger partial charge on any atom is -0.378 e. The Labute approximate surface area is 79.7 Å². The molecule has 1 aliphatic rings. The molecule has 1 heterocycles. The van der Waals surface area contributed by atoms with Gasteiger partial charge in [0.2, 0.25) is 0 Å². The number of hydrogen-bond acceptors (Lipinski definition) is 1. The molecule has 0 bridgehead atoms. The number of allylic oxidation sites excluding steroid dienone is 1. The maximum absolute atomic E-state index is 5.98. The van der Waals surface area contributed by atoms with E-state index in [0.717, 1.165) is 25.9 Å². The van der Waals surface area contributed by atoms with Crippen LogP contribution in [-0.4, -0.2) is 18.6 Å². The molecule has 0 aromatic carbocycles. The molecule has 2 unspecified atom stereocenters. The number of halogens is 1. The Morgan fingerprint density at radius 1 is 1.75 bits per heavy atom. The zero-order valence-electron chi connectivity index (χ0n) is 7.68. The first-order valence-electron chi connectivity index (χ1n) is 4.53. The molecule has 1 saturated heterocycles. The van der Waals surface area contributed by atoms with Gasteiger partial charge in [0.1, 0.15) is 0 Å². The summed E-state index contributed by atoms with van der Waals surface area (Å²) in [6.45, 7) is 6.72. The highest BCUT2D eigenvalue weighted by Crippen LogP contribution is 2.40. The summed E-state index contributed by atoms with van der Waals surface area (Å²) in [5.74, 6) is 0.710. The molecule has 1 rings (SSSR count). The summed E-state index contributed by atoms with van der Waals surface area (Å²) >= 11 is 5.98. The van der Waals surface area contributed by atoms with E-state index in [1.54, 1.807) is 0 Å². The van der Waals surface area contributed by atoms with Crippen LogP contribution in [0.4, 0.5) is 0 Å². The molecular weight excluding hydrogens is 172 g/mol. The van der Waals surface area contributed by atoms with Crippen molar-refractivity contribution >= 4 is 11.6 Å². The van der Waals surface area contributed by atoms with E-state index in [0.29, 0.717) is 12.0 Å². The van der Waals surface area contributed by atoms with Crippen LogP contribution in [0.3, 0.4) is 0 Å². The number of ether oxygens (including phenoxy) is 1. The van der Waals surface area contributed by atoms with Gasteiger partial charge >= 0.3 is 0 Å². The lowest BCUT2D eigenvalue weighted by atomic mass is 9.79. The smallest absolute Gasteiger partial charge is 0.0615 e. The van der Waals surface area contributed by atoms with Crippen LogP contribution >= 0.6 is 11.6 Å². The van der Waals surface area contributed by atoms with Crippen molar-refractivity contribution in [3.63, 3.8) is 0 Å². The molecule has 0 amide bonds. The summed E-state index contributed by atoms with van der Waals surface area (Å²) in [7, 11) is 0. The highest BCUT2D eigenvalue weighted by atomic mass is 35.5. The lowest BCUT2D eigenvalue weighted by molar-refractivity contribution is 0.0700. The topological polar surface area (TPSA) is 9.23 Å². The van der Waals surface area contributed by atoms with Crippen molar-refractivity contribution < 1.29 is 4.74 Å². The molecule has 0 saturated carbocycles. The second-order valence-corrected chi connectivity index (χ2v) is 3.85. The molecule has 0 aromatic rings. The average molecular weight is 189 g/mol. The second-order valence-electron chi connectivity index (χ2n) is 3.59. The summed E-state index contributed by atoms with van der Waals surface area (Å²) in [4.78, 5) is 0. The van der Waals surface area contributed by atoms with Crippen molar-refractivity contribution in [2.45, 2.75) is 32.3 Å². The molecule has 0 spiro atoms. The third-order valence-electron chi connectivity index (χ3n) is 2.94. The molecule has 1 aliphatic heterocycles. The van der Waals surface area contributed by atoms with E-state index in [1.807, 2.05) is 6.08 Å². The summed E-state index contributed by atoms with van der Waals surface area (Å²) in [5, 5.41) is 0. The highest BCUT2D eigenvalue weighted by Gasteiger charge is 2.39. The van der Waals surface area contributed by atoms with E-state index < -0.39 is 0 Å². The zero-order chi connectivity index (χ0) is 9.03. The van der Waals surface area contributed by atoms with E-state index in [4.69, 9.17) is 16.3 Å². The molecule has 0 aromatic heterocycles. The second kappa shape index (κ2) is 4.29. The van der Waals surface area contributed by atoms with Crippen molar-refractivity contribution in [1.29, 1.82) is 0 Å². The minimum absolute atomic E-state index is 0.218. The summed E-state index contributed by atoms with van der Waals surface area (Å²) < 4.78 is 5.54. The Morgan fingerprint density at radius 3 is 2.92 bits per heavy atom. The standard InChI is InChI=1S/C10H17ClO/c1-3-4-5-10(8-11)6-7-12-9(10)2/h3,9H,1,4-8H2,2H3. The van der Waals surface area contributed by atoms with E-state index >= 15 is 0 Å². The molecule has 2 atom stereocenters. The Bertz CT molecular complexity index is 158. The first-order valence-corrected chi connectivity index (χ1v) is 5.07. The SMILES string of the molecule is C=CCCC1(CCl)CCOC1C. The van der Waals surface area contributed by atoms with Crippen LogP contribution in [0.25, 0.3) is 0 Å². The van der Waals surface area contributed by atoms with Gasteiger partial charge in [0.05, 0.1) is 6.10 Å². The van der Waals surface area contributed by atoms with Gasteiger partial charge in [-0.15, -0.1) is 18.2 Å². The summed E-state index contributed by atoms with van der Waals surface area (Å²) in [6.07, 6.45) is 5.53. The number of alkyl halides is 1. The molecule has 0 radical (unpaired) electrons. The van der Waals surface area contributed by atoms with Crippen LogP contribution in [0, 0.1) is 5.41 Å². The zero-order valence-corrected chi connectivity index (χ0v) is 8.44. The first kappa shape index (κ1) is 10.1. The van der Waals surface area contributed by atoms with Crippen molar-refractivity contribution in [2.24, 2.45) is 5.41 Å². The van der Waals surface area contributed by atoms with Gasteiger partial charge in [-0.1, -0.05) is 6.08 Å². The van der Waals surface area contributed by atoms with Crippen LogP contribution < -0.4 is 0 Å². The monoisotopic (exact) mass is 188 g/mol. The van der Waals surface area contributed by atoms with Gasteiger partial charge in [-0.3, -0.25) is 0 Å². The highest BCUT2D eigenvalue weighted by molar-refractivity contribution is 6.18. The van der Waals surface area contributed by atoms with Crippen molar-refractivity contribution in [2.75, 3.05) is 12.5 Å². The van der Waals surface area contributed by atoms with E-state index in [-0.39, 0.29) is 5.41 Å². The Morgan fingerprint density at radius 2 is 2.50 bits per heavy atom. The third-order valence-corrected chi connectivity index (χ3v) is 3.47. The third kappa shape index (κ3) is 1.83. The summed E-state index contributed by atoms with van der Waals surface area (Å²) in [5.41, 5.74) is 0.218. The Kier molecular flexibility index (Phi) is 3.60. The fraction of sp³-hybridized carbons (Fsp3) is 0.800. The predicted octanol–water partition coefficient (Wildman–Crippen LogP) is 2.99. The number of rotatable bonds is 4. The lowest BCUT2D eigenvalue weighted by Crippen LogP contribution is -2.30. The average Bonchev–Trinajstić information content (AvgIpc) is 2.45. The fourth-order valence-corrected chi connectivity index (χ4v) is 2.26. The van der Waals surface area contributed by atoms with Crippen molar-refractivity contribution in [1.82, 2.24) is 0 Å². The van der Waals surface area contributed by atoms with Gasteiger partial charge in [-0.2, -0.15) is 0 Å². The van der Waals surface area contributed by atoms with Crippen molar-refractivity contribution in [3.05, 3.63) is 12.7 Å². The van der Waals surface area contributed by atoms with Crippen LogP contribution in [0.5, 0.6) is 0 Å². The maximum atomic E-state index is 5.98. The van der Waals surface area contributed by atoms with E-state index in [9.17, 15) is 0 Å². The van der Waals surface area contributed by atoms with Crippen LogP contribution in [-0.2, 0) is 4.74 Å². The van der Waals surface area contributed by atoms with Gasteiger partial charge in [-0.25, -0.2) is 0 Å². The van der Waals surface area contributed by atoms with Gasteiger partial charge in [0, 0.05) is 17.9 Å². The van der Waals surface area contributed by atoms with Gasteiger partial charge in [-0.05, 0) is 26.2 Å². The Balaban J connectivity index is 2.54. The van der Waals surface area contributed by atoms with E-state index in [1.165, 1.54) is 0 Å². The molecule has 70 valence electrons. The largest absolute Gasteiger partial charge is 0.378 e. The molecule has 12 heavy (non-hydrogen) atoms. The lowest BCUT2D eigenvalue weighted by Gasteiger charge is -2.29. The molecular formula is C10H17ClO. The van der Waals surface area contributed by atoms with Crippen LogP contribution in [0.1, 0.15) is 26.2 Å². The molecule has 2 heteroatoms. The van der Waals surface area contributed by atoms with Crippen LogP contribution in [0.2, 0.25) is 0 Å². The van der Waals surface area contributed by atoms with Gasteiger partial charge in [0.15, 0.2) is 0 Å². The molecule has 0 aliphatic carbocycles. The quantitative estimate of drug-likeness (QED) is 0.487. The number of hydrogen-bond donors (Lipinski definition) is 0. The molecule has 1 nitrogen and oxygen atoms in total. The molecule has 0 N–H and O–H groups in total. The molecule has 1 fully saturated rings. The fourth-order valence-electron chi connectivity index (χ4n) is 1.78. The first-order chi connectivity index (χ1) is 5.75. The van der Waals surface area contributed by atoms with Crippen molar-refractivity contribution in [3.8, 4) is 0 Å². The van der Waals surface area contributed by atoms with E-state index in [2.05, 4.69) is 13.5 Å².